The molecule has 0 atom stereocenters. The van der Waals surface area contributed by atoms with E-state index in [4.69, 9.17) is 12.2 Å². The van der Waals surface area contributed by atoms with Gasteiger partial charge in [0.15, 0.2) is 0 Å². The number of aryl methyl sites for hydroxylation is 1. The summed E-state index contributed by atoms with van der Waals surface area (Å²) in [5.74, 6) is 0.906. The van der Waals surface area contributed by atoms with E-state index < -0.39 is 0 Å². The number of hydrogen-bond donors (Lipinski definition) is 1. The minimum absolute atomic E-state index is 0.656. The van der Waals surface area contributed by atoms with Gasteiger partial charge in [-0.05, 0) is 13.0 Å². The predicted molar refractivity (Wildman–Crippen MR) is 84.3 cm³/mol. The van der Waals surface area contributed by atoms with Crippen LogP contribution in [-0.2, 0) is 6.42 Å². The maximum absolute atomic E-state index is 5.37. The number of aromatic amines is 1. The fraction of sp³-hybridized carbons (Fsp3) is 0.188. The number of fused-ring (bicyclic) bond motifs is 1. The molecule has 1 N–H and O–H groups in total. The highest BCUT2D eigenvalue weighted by molar-refractivity contribution is 7.71. The molecule has 3 nitrogen and oxygen atoms in total. The van der Waals surface area contributed by atoms with E-state index in [0.717, 1.165) is 40.0 Å². The summed E-state index contributed by atoms with van der Waals surface area (Å²) in [5.41, 5.74) is 4.07. The third kappa shape index (κ3) is 2.12. The van der Waals surface area contributed by atoms with Gasteiger partial charge in [0.25, 0.3) is 0 Å². The third-order valence-corrected chi connectivity index (χ3v) is 3.84. The highest BCUT2D eigenvalue weighted by atomic mass is 32.1. The van der Waals surface area contributed by atoms with Gasteiger partial charge in [-0.15, -0.1) is 0 Å². The monoisotopic (exact) mass is 281 g/mol. The van der Waals surface area contributed by atoms with Gasteiger partial charge in [-0.3, -0.25) is 4.98 Å². The van der Waals surface area contributed by atoms with Crippen LogP contribution in [0.3, 0.4) is 0 Å². The van der Waals surface area contributed by atoms with Gasteiger partial charge in [0.1, 0.15) is 10.5 Å². The van der Waals surface area contributed by atoms with Crippen LogP contribution in [0.1, 0.15) is 18.3 Å². The molecule has 2 heterocycles. The van der Waals surface area contributed by atoms with Crippen molar-refractivity contribution in [3.63, 3.8) is 0 Å². The number of hydrogen-bond acceptors (Lipinski definition) is 3. The SMILES string of the molecule is CCc1nc(=S)c(C)c(-c2cccc3cccnc23)[nH]1. The molecule has 0 spiro atoms. The molecule has 3 aromatic rings. The molecule has 0 bridgehead atoms. The Bertz CT molecular complexity index is 831. The molecule has 0 radical (unpaired) electrons. The van der Waals surface area contributed by atoms with E-state index in [1.807, 2.05) is 25.3 Å². The Kier molecular flexibility index (Phi) is 3.32. The number of para-hydroxylation sites is 1. The van der Waals surface area contributed by atoms with Crippen molar-refractivity contribution in [3.8, 4) is 11.3 Å². The Labute approximate surface area is 122 Å². The maximum atomic E-state index is 5.37. The first-order valence-corrected chi connectivity index (χ1v) is 7.05. The standard InChI is InChI=1S/C16H15N3S/c1-3-13-18-14(10(2)16(20)19-13)12-8-4-6-11-7-5-9-17-15(11)12/h4-9H,3H2,1-2H3,(H,18,19,20). The molecule has 20 heavy (non-hydrogen) atoms. The van der Waals surface area contributed by atoms with E-state index in [0.29, 0.717) is 4.64 Å². The summed E-state index contributed by atoms with van der Waals surface area (Å²) < 4.78 is 0.656. The van der Waals surface area contributed by atoms with Crippen molar-refractivity contribution < 1.29 is 0 Å². The first kappa shape index (κ1) is 12.9. The van der Waals surface area contributed by atoms with E-state index >= 15 is 0 Å². The number of rotatable bonds is 2. The zero-order valence-electron chi connectivity index (χ0n) is 11.5. The number of nitrogens with one attached hydrogen (secondary N) is 1. The van der Waals surface area contributed by atoms with Crippen molar-refractivity contribution in [3.05, 3.63) is 52.6 Å². The van der Waals surface area contributed by atoms with Crippen molar-refractivity contribution >= 4 is 23.1 Å². The molecule has 0 fully saturated rings. The second-order valence-electron chi connectivity index (χ2n) is 4.72. The topological polar surface area (TPSA) is 41.6 Å². The van der Waals surface area contributed by atoms with E-state index in [9.17, 15) is 0 Å². The van der Waals surface area contributed by atoms with Crippen molar-refractivity contribution in [1.82, 2.24) is 15.0 Å². The number of aromatic nitrogens is 3. The Hall–Kier alpha value is -2.07. The lowest BCUT2D eigenvalue weighted by Crippen LogP contribution is -2.00. The summed E-state index contributed by atoms with van der Waals surface area (Å²) in [6, 6.07) is 10.2. The molecular weight excluding hydrogens is 266 g/mol. The van der Waals surface area contributed by atoms with Crippen LogP contribution < -0.4 is 0 Å². The highest BCUT2D eigenvalue weighted by Gasteiger charge is 2.10. The molecule has 0 aliphatic carbocycles. The van der Waals surface area contributed by atoms with E-state index in [1.54, 1.807) is 0 Å². The Morgan fingerprint density at radius 3 is 2.80 bits per heavy atom. The lowest BCUT2D eigenvalue weighted by Gasteiger charge is -2.11. The molecule has 0 saturated heterocycles. The Morgan fingerprint density at radius 2 is 2.00 bits per heavy atom. The average molecular weight is 281 g/mol. The van der Waals surface area contributed by atoms with Gasteiger partial charge in [0.2, 0.25) is 0 Å². The molecule has 2 aromatic heterocycles. The van der Waals surface area contributed by atoms with Crippen LogP contribution in [-0.4, -0.2) is 15.0 Å². The largest absolute Gasteiger partial charge is 0.343 e. The van der Waals surface area contributed by atoms with E-state index in [2.05, 4.69) is 40.1 Å². The number of benzene rings is 1. The first-order chi connectivity index (χ1) is 9.70. The molecule has 0 amide bonds. The average Bonchev–Trinajstić information content (AvgIpc) is 2.49. The van der Waals surface area contributed by atoms with Gasteiger partial charge in [-0.1, -0.05) is 43.4 Å². The van der Waals surface area contributed by atoms with Crippen LogP contribution in [0, 0.1) is 11.6 Å². The third-order valence-electron chi connectivity index (χ3n) is 3.44. The van der Waals surface area contributed by atoms with Crippen molar-refractivity contribution in [2.45, 2.75) is 20.3 Å². The molecule has 100 valence electrons. The number of nitrogens with zero attached hydrogens (tertiary/aromatic N) is 2. The number of pyridine rings is 1. The lowest BCUT2D eigenvalue weighted by molar-refractivity contribution is 0.926. The normalized spacial score (nSPS) is 10.9. The summed E-state index contributed by atoms with van der Waals surface area (Å²) in [6.07, 6.45) is 2.65. The van der Waals surface area contributed by atoms with Gasteiger partial charge >= 0.3 is 0 Å². The Morgan fingerprint density at radius 1 is 1.20 bits per heavy atom. The van der Waals surface area contributed by atoms with Crippen molar-refractivity contribution in [2.75, 3.05) is 0 Å². The minimum atomic E-state index is 0.656. The summed E-state index contributed by atoms with van der Waals surface area (Å²) >= 11 is 5.37. The fourth-order valence-electron chi connectivity index (χ4n) is 2.32. The molecule has 3 rings (SSSR count). The van der Waals surface area contributed by atoms with Crippen LogP contribution in [0.15, 0.2) is 36.5 Å². The Balaban J connectivity index is 2.36. The number of H-pyrrole nitrogens is 1. The molecule has 0 aliphatic heterocycles. The lowest BCUT2D eigenvalue weighted by atomic mass is 10.0. The quantitative estimate of drug-likeness (QED) is 0.715. The van der Waals surface area contributed by atoms with Gasteiger partial charge in [0, 0.05) is 29.1 Å². The van der Waals surface area contributed by atoms with Gasteiger partial charge in [-0.25, -0.2) is 4.98 Å². The first-order valence-electron chi connectivity index (χ1n) is 6.64. The van der Waals surface area contributed by atoms with Crippen LogP contribution in [0.2, 0.25) is 0 Å². The van der Waals surface area contributed by atoms with Crippen LogP contribution in [0.5, 0.6) is 0 Å². The minimum Gasteiger partial charge on any atom is -0.343 e. The van der Waals surface area contributed by atoms with E-state index in [-0.39, 0.29) is 0 Å². The highest BCUT2D eigenvalue weighted by Crippen LogP contribution is 2.28. The summed E-state index contributed by atoms with van der Waals surface area (Å²) in [5, 5.41) is 1.12. The van der Waals surface area contributed by atoms with Crippen LogP contribution >= 0.6 is 12.2 Å². The second-order valence-corrected chi connectivity index (χ2v) is 5.11. The van der Waals surface area contributed by atoms with Crippen LogP contribution in [0.25, 0.3) is 22.2 Å². The smallest absolute Gasteiger partial charge is 0.133 e. The summed E-state index contributed by atoms with van der Waals surface area (Å²) in [4.78, 5) is 12.3. The van der Waals surface area contributed by atoms with Crippen molar-refractivity contribution in [1.29, 1.82) is 0 Å². The van der Waals surface area contributed by atoms with Gasteiger partial charge in [-0.2, -0.15) is 0 Å². The molecule has 0 aliphatic rings. The van der Waals surface area contributed by atoms with E-state index in [1.165, 1.54) is 0 Å². The molecule has 0 saturated carbocycles. The van der Waals surface area contributed by atoms with Gasteiger partial charge < -0.3 is 4.98 Å². The predicted octanol–water partition coefficient (Wildman–Crippen LogP) is 4.23. The van der Waals surface area contributed by atoms with Crippen LogP contribution in [0.4, 0.5) is 0 Å². The summed E-state index contributed by atoms with van der Waals surface area (Å²) in [7, 11) is 0. The molecule has 0 unspecified atom stereocenters. The zero-order valence-corrected chi connectivity index (χ0v) is 12.3. The maximum Gasteiger partial charge on any atom is 0.133 e. The second kappa shape index (κ2) is 5.13. The zero-order chi connectivity index (χ0) is 14.1. The molecule has 4 heteroatoms. The molecular formula is C16H15N3S. The van der Waals surface area contributed by atoms with Gasteiger partial charge in [0.05, 0.1) is 11.2 Å². The fourth-order valence-corrected chi connectivity index (χ4v) is 2.53. The molecule has 1 aromatic carbocycles. The summed E-state index contributed by atoms with van der Waals surface area (Å²) in [6.45, 7) is 4.07. The van der Waals surface area contributed by atoms with Crippen molar-refractivity contribution in [2.24, 2.45) is 0 Å².